The highest BCUT2D eigenvalue weighted by atomic mass is 32.1. The van der Waals surface area contributed by atoms with Crippen molar-refractivity contribution < 1.29 is 31.1 Å². The SMILES string of the molecule is Cc1nc2cc(Oc3cc(-c4ccc(C(F)(F)F)cc4)c(-c4ccc(C(F)(F)F)cc4)nn3)ccc2s1. The van der Waals surface area contributed by atoms with E-state index in [2.05, 4.69) is 15.2 Å². The largest absolute Gasteiger partial charge is 0.437 e. The van der Waals surface area contributed by atoms with Gasteiger partial charge in [0, 0.05) is 23.3 Å². The maximum atomic E-state index is 13.1. The Labute approximate surface area is 210 Å². The van der Waals surface area contributed by atoms with Crippen molar-refractivity contribution in [3.8, 4) is 34.0 Å². The predicted molar refractivity (Wildman–Crippen MR) is 127 cm³/mol. The van der Waals surface area contributed by atoms with E-state index in [0.717, 1.165) is 39.5 Å². The van der Waals surface area contributed by atoms with E-state index in [9.17, 15) is 26.3 Å². The topological polar surface area (TPSA) is 47.9 Å². The van der Waals surface area contributed by atoms with Crippen LogP contribution < -0.4 is 4.74 Å². The minimum Gasteiger partial charge on any atom is -0.437 e. The highest BCUT2D eigenvalue weighted by Crippen LogP contribution is 2.37. The van der Waals surface area contributed by atoms with Crippen LogP contribution in [0.5, 0.6) is 11.6 Å². The number of fused-ring (bicyclic) bond motifs is 1. The predicted octanol–water partition coefficient (Wildman–Crippen LogP) is 8.56. The molecule has 4 nitrogen and oxygen atoms in total. The zero-order valence-electron chi connectivity index (χ0n) is 18.9. The van der Waals surface area contributed by atoms with Gasteiger partial charge < -0.3 is 4.74 Å². The van der Waals surface area contributed by atoms with E-state index >= 15 is 0 Å². The van der Waals surface area contributed by atoms with Crippen LogP contribution in [0.25, 0.3) is 32.6 Å². The molecule has 0 amide bonds. The molecule has 0 unspecified atom stereocenters. The molecule has 2 heterocycles. The normalized spacial score (nSPS) is 12.2. The first kappa shape index (κ1) is 24.7. The molecule has 0 saturated heterocycles. The van der Waals surface area contributed by atoms with Crippen LogP contribution in [0.2, 0.25) is 0 Å². The first-order chi connectivity index (χ1) is 17.5. The summed E-state index contributed by atoms with van der Waals surface area (Å²) < 4.78 is 85.1. The minimum atomic E-state index is -4.52. The summed E-state index contributed by atoms with van der Waals surface area (Å²) in [5.74, 6) is 0.476. The summed E-state index contributed by atoms with van der Waals surface area (Å²) in [4.78, 5) is 4.42. The molecule has 0 aliphatic carbocycles. The number of halogens is 6. The van der Waals surface area contributed by atoms with Crippen LogP contribution in [0.3, 0.4) is 0 Å². The van der Waals surface area contributed by atoms with Gasteiger partial charge in [0.25, 0.3) is 0 Å². The molecule has 37 heavy (non-hydrogen) atoms. The molecule has 11 heteroatoms. The Hall–Kier alpha value is -3.99. The van der Waals surface area contributed by atoms with Crippen molar-refractivity contribution >= 4 is 21.6 Å². The lowest BCUT2D eigenvalue weighted by Crippen LogP contribution is -2.05. The molecular formula is C26H15F6N3OS. The summed E-state index contributed by atoms with van der Waals surface area (Å²) in [7, 11) is 0. The third-order valence-corrected chi connectivity index (χ3v) is 6.42. The smallest absolute Gasteiger partial charge is 0.416 e. The molecule has 0 radical (unpaired) electrons. The molecule has 0 aliphatic rings. The van der Waals surface area contributed by atoms with Gasteiger partial charge in [-0.25, -0.2) is 4.98 Å². The van der Waals surface area contributed by atoms with Gasteiger partial charge in [0.1, 0.15) is 11.4 Å². The van der Waals surface area contributed by atoms with Crippen molar-refractivity contribution in [1.82, 2.24) is 15.2 Å². The van der Waals surface area contributed by atoms with Gasteiger partial charge >= 0.3 is 12.4 Å². The van der Waals surface area contributed by atoms with Crippen molar-refractivity contribution in [2.24, 2.45) is 0 Å². The first-order valence-electron chi connectivity index (χ1n) is 10.8. The van der Waals surface area contributed by atoms with Gasteiger partial charge in [-0.15, -0.1) is 21.5 Å². The number of aromatic nitrogens is 3. The lowest BCUT2D eigenvalue weighted by Gasteiger charge is -2.13. The Bertz CT molecular complexity index is 1580. The van der Waals surface area contributed by atoms with E-state index in [4.69, 9.17) is 4.74 Å². The Morgan fingerprint density at radius 3 is 1.89 bits per heavy atom. The van der Waals surface area contributed by atoms with Crippen LogP contribution >= 0.6 is 11.3 Å². The molecule has 0 spiro atoms. The molecule has 5 aromatic rings. The fourth-order valence-corrected chi connectivity index (χ4v) is 4.53. The highest BCUT2D eigenvalue weighted by molar-refractivity contribution is 7.18. The highest BCUT2D eigenvalue weighted by Gasteiger charge is 2.31. The molecule has 0 bridgehead atoms. The van der Waals surface area contributed by atoms with Crippen LogP contribution in [-0.4, -0.2) is 15.2 Å². The maximum absolute atomic E-state index is 13.1. The monoisotopic (exact) mass is 531 g/mol. The number of hydrogen-bond acceptors (Lipinski definition) is 5. The fraction of sp³-hybridized carbons (Fsp3) is 0.115. The summed E-state index contributed by atoms with van der Waals surface area (Å²) in [6, 6.07) is 15.4. The second-order valence-electron chi connectivity index (χ2n) is 8.06. The summed E-state index contributed by atoms with van der Waals surface area (Å²) in [6.07, 6.45) is -9.04. The van der Waals surface area contributed by atoms with Crippen molar-refractivity contribution in [3.63, 3.8) is 0 Å². The first-order valence-corrected chi connectivity index (χ1v) is 11.6. The van der Waals surface area contributed by atoms with E-state index in [-0.39, 0.29) is 11.6 Å². The number of nitrogens with zero attached hydrogens (tertiary/aromatic N) is 3. The summed E-state index contributed by atoms with van der Waals surface area (Å²) in [5, 5.41) is 9.10. The van der Waals surface area contributed by atoms with E-state index in [1.54, 1.807) is 12.1 Å². The molecule has 0 N–H and O–H groups in total. The standard InChI is InChI=1S/C26H15F6N3OS/c1-14-33-21-12-19(10-11-22(21)37-14)36-23-13-20(15-2-6-17(7-3-15)25(27,28)29)24(35-34-23)16-4-8-18(9-5-16)26(30,31)32/h2-13H,1H3. The third kappa shape index (κ3) is 5.26. The van der Waals surface area contributed by atoms with Crippen molar-refractivity contribution in [2.75, 3.05) is 0 Å². The summed E-state index contributed by atoms with van der Waals surface area (Å²) in [5.41, 5.74) is 0.243. The molecule has 0 atom stereocenters. The zero-order valence-corrected chi connectivity index (χ0v) is 19.7. The third-order valence-electron chi connectivity index (χ3n) is 5.47. The second-order valence-corrected chi connectivity index (χ2v) is 9.29. The van der Waals surface area contributed by atoms with E-state index in [1.807, 2.05) is 13.0 Å². The molecule has 2 aromatic heterocycles. The van der Waals surface area contributed by atoms with Crippen molar-refractivity contribution in [3.05, 3.63) is 88.9 Å². The van der Waals surface area contributed by atoms with Crippen LogP contribution in [0.4, 0.5) is 26.3 Å². The fourth-order valence-electron chi connectivity index (χ4n) is 3.72. The molecule has 0 saturated carbocycles. The zero-order chi connectivity index (χ0) is 26.4. The lowest BCUT2D eigenvalue weighted by molar-refractivity contribution is -0.138. The number of alkyl halides is 6. The number of aryl methyl sites for hydroxylation is 1. The van der Waals surface area contributed by atoms with Gasteiger partial charge in [-0.3, -0.25) is 0 Å². The molecular weight excluding hydrogens is 516 g/mol. The van der Waals surface area contributed by atoms with Crippen LogP contribution in [0.1, 0.15) is 16.1 Å². The second kappa shape index (κ2) is 9.15. The van der Waals surface area contributed by atoms with Gasteiger partial charge in [-0.05, 0) is 48.9 Å². The van der Waals surface area contributed by atoms with E-state index in [0.29, 0.717) is 22.4 Å². The number of benzene rings is 3. The molecule has 188 valence electrons. The molecule has 0 fully saturated rings. The van der Waals surface area contributed by atoms with E-state index < -0.39 is 23.5 Å². The number of ether oxygens (including phenoxy) is 1. The number of hydrogen-bond donors (Lipinski definition) is 0. The number of rotatable bonds is 4. The van der Waals surface area contributed by atoms with Crippen LogP contribution in [-0.2, 0) is 12.4 Å². The molecule has 0 aliphatic heterocycles. The summed E-state index contributed by atoms with van der Waals surface area (Å²) >= 11 is 1.53. The lowest BCUT2D eigenvalue weighted by atomic mass is 9.98. The van der Waals surface area contributed by atoms with Gasteiger partial charge in [0.2, 0.25) is 5.88 Å². The maximum Gasteiger partial charge on any atom is 0.416 e. The van der Waals surface area contributed by atoms with Crippen LogP contribution in [0, 0.1) is 6.92 Å². The Balaban J connectivity index is 1.56. The summed E-state index contributed by atoms with van der Waals surface area (Å²) in [6.45, 7) is 1.88. The molecule has 3 aromatic carbocycles. The van der Waals surface area contributed by atoms with Gasteiger partial charge in [-0.2, -0.15) is 26.3 Å². The Morgan fingerprint density at radius 2 is 1.30 bits per heavy atom. The minimum absolute atomic E-state index is 0.0526. The van der Waals surface area contributed by atoms with Crippen molar-refractivity contribution in [2.45, 2.75) is 19.3 Å². The average molecular weight is 531 g/mol. The Kier molecular flexibility index (Phi) is 6.10. The van der Waals surface area contributed by atoms with Crippen molar-refractivity contribution in [1.29, 1.82) is 0 Å². The van der Waals surface area contributed by atoms with Gasteiger partial charge in [0.15, 0.2) is 0 Å². The Morgan fingerprint density at radius 1 is 0.703 bits per heavy atom. The quantitative estimate of drug-likeness (QED) is 0.218. The van der Waals surface area contributed by atoms with Gasteiger partial charge in [-0.1, -0.05) is 24.3 Å². The molecule has 5 rings (SSSR count). The average Bonchev–Trinajstić information content (AvgIpc) is 3.22. The van der Waals surface area contributed by atoms with Crippen LogP contribution in [0.15, 0.2) is 72.8 Å². The van der Waals surface area contributed by atoms with E-state index in [1.165, 1.54) is 41.7 Å². The van der Waals surface area contributed by atoms with Gasteiger partial charge in [0.05, 0.1) is 26.4 Å². The number of thiazole rings is 1.